The highest BCUT2D eigenvalue weighted by molar-refractivity contribution is 7.09. The average molecular weight is 309 g/mol. The third-order valence-corrected chi connectivity index (χ3v) is 4.27. The summed E-state index contributed by atoms with van der Waals surface area (Å²) in [4.78, 5) is 16.4. The fourth-order valence-corrected chi connectivity index (χ4v) is 3.03. The Kier molecular flexibility index (Phi) is 3.63. The van der Waals surface area contributed by atoms with Crippen molar-refractivity contribution in [2.24, 2.45) is 0 Å². The molecular formula is C14H13ClN2O2S. The minimum atomic E-state index is -0.482. The van der Waals surface area contributed by atoms with Crippen LogP contribution >= 0.6 is 22.9 Å². The van der Waals surface area contributed by atoms with Crippen molar-refractivity contribution < 1.29 is 9.53 Å². The number of halogens is 1. The molecule has 1 amide bonds. The Morgan fingerprint density at radius 1 is 1.60 bits per heavy atom. The van der Waals surface area contributed by atoms with Gasteiger partial charge in [-0.05, 0) is 30.7 Å². The number of aromatic nitrogens is 1. The van der Waals surface area contributed by atoms with Crippen molar-refractivity contribution in [3.63, 3.8) is 0 Å². The van der Waals surface area contributed by atoms with Crippen LogP contribution in [0.1, 0.15) is 16.3 Å². The molecule has 0 radical (unpaired) electrons. The number of fused-ring (bicyclic) bond motifs is 1. The molecular weight excluding hydrogens is 296 g/mol. The van der Waals surface area contributed by atoms with Crippen molar-refractivity contribution in [1.82, 2.24) is 10.3 Å². The molecule has 0 fully saturated rings. The summed E-state index contributed by atoms with van der Waals surface area (Å²) in [5.74, 6) is 0.616. The van der Waals surface area contributed by atoms with E-state index in [0.29, 0.717) is 18.0 Å². The SMILES string of the molecule is Cc1csc(CNC(=O)[C@H]2Cc3cc(Cl)ccc3O2)n1. The lowest BCUT2D eigenvalue weighted by Crippen LogP contribution is -2.36. The molecule has 1 N–H and O–H groups in total. The van der Waals surface area contributed by atoms with Crippen LogP contribution in [0.3, 0.4) is 0 Å². The summed E-state index contributed by atoms with van der Waals surface area (Å²) >= 11 is 7.47. The van der Waals surface area contributed by atoms with Crippen LogP contribution in [0.25, 0.3) is 0 Å². The van der Waals surface area contributed by atoms with Gasteiger partial charge in [0.25, 0.3) is 5.91 Å². The Bertz CT molecular complexity index is 656. The second-order valence-electron chi connectivity index (χ2n) is 4.66. The number of nitrogens with one attached hydrogen (secondary N) is 1. The van der Waals surface area contributed by atoms with Gasteiger partial charge in [0.2, 0.25) is 0 Å². The summed E-state index contributed by atoms with van der Waals surface area (Å²) in [6.07, 6.45) is 0.0723. The predicted octanol–water partition coefficient (Wildman–Crippen LogP) is 2.72. The Balaban J connectivity index is 1.60. The zero-order chi connectivity index (χ0) is 14.1. The highest BCUT2D eigenvalue weighted by atomic mass is 35.5. The van der Waals surface area contributed by atoms with E-state index in [-0.39, 0.29) is 5.91 Å². The Morgan fingerprint density at radius 3 is 3.20 bits per heavy atom. The quantitative estimate of drug-likeness (QED) is 0.948. The highest BCUT2D eigenvalue weighted by Crippen LogP contribution is 2.31. The van der Waals surface area contributed by atoms with Crippen LogP contribution in [-0.2, 0) is 17.8 Å². The van der Waals surface area contributed by atoms with Gasteiger partial charge in [-0.15, -0.1) is 11.3 Å². The number of thiazole rings is 1. The van der Waals surface area contributed by atoms with E-state index in [1.807, 2.05) is 18.4 Å². The normalized spacial score (nSPS) is 16.6. The molecule has 2 aromatic rings. The van der Waals surface area contributed by atoms with Crippen LogP contribution < -0.4 is 10.1 Å². The maximum absolute atomic E-state index is 12.1. The van der Waals surface area contributed by atoms with Crippen molar-refractivity contribution in [1.29, 1.82) is 0 Å². The van der Waals surface area contributed by atoms with Gasteiger partial charge >= 0.3 is 0 Å². The largest absolute Gasteiger partial charge is 0.480 e. The van der Waals surface area contributed by atoms with Crippen molar-refractivity contribution in [3.8, 4) is 5.75 Å². The monoisotopic (exact) mass is 308 g/mol. The number of ether oxygens (including phenoxy) is 1. The standard InChI is InChI=1S/C14H13ClN2O2S/c1-8-7-20-13(17-8)6-16-14(18)12-5-9-4-10(15)2-3-11(9)19-12/h2-4,7,12H,5-6H2,1H3,(H,16,18)/t12-/m1/s1. The van der Waals surface area contributed by atoms with Crippen LogP contribution in [0.2, 0.25) is 5.02 Å². The number of aryl methyl sites for hydroxylation is 1. The average Bonchev–Trinajstić information content (AvgIpc) is 3.01. The van der Waals surface area contributed by atoms with Gasteiger partial charge in [-0.1, -0.05) is 11.6 Å². The molecule has 0 bridgehead atoms. The van der Waals surface area contributed by atoms with Crippen LogP contribution in [0.15, 0.2) is 23.6 Å². The lowest BCUT2D eigenvalue weighted by atomic mass is 10.1. The molecule has 1 aromatic heterocycles. The van der Waals surface area contributed by atoms with Gasteiger partial charge in [0.15, 0.2) is 6.10 Å². The van der Waals surface area contributed by atoms with E-state index in [4.69, 9.17) is 16.3 Å². The maximum Gasteiger partial charge on any atom is 0.261 e. The first kappa shape index (κ1) is 13.4. The van der Waals surface area contributed by atoms with E-state index in [0.717, 1.165) is 22.0 Å². The molecule has 1 aliphatic heterocycles. The molecule has 1 atom stereocenters. The summed E-state index contributed by atoms with van der Waals surface area (Å²) in [5, 5.41) is 6.37. The number of carbonyl (C=O) groups excluding carboxylic acids is 1. The van der Waals surface area contributed by atoms with E-state index in [2.05, 4.69) is 10.3 Å². The molecule has 0 saturated carbocycles. The summed E-state index contributed by atoms with van der Waals surface area (Å²) in [6, 6.07) is 5.41. The number of benzene rings is 1. The number of hydrogen-bond donors (Lipinski definition) is 1. The Morgan fingerprint density at radius 2 is 2.45 bits per heavy atom. The van der Waals surface area contributed by atoms with Gasteiger partial charge in [-0.25, -0.2) is 4.98 Å². The topological polar surface area (TPSA) is 51.2 Å². The van der Waals surface area contributed by atoms with E-state index < -0.39 is 6.10 Å². The Labute approximate surface area is 125 Å². The van der Waals surface area contributed by atoms with Gasteiger partial charge in [-0.2, -0.15) is 0 Å². The predicted molar refractivity (Wildman–Crippen MR) is 78.3 cm³/mol. The third-order valence-electron chi connectivity index (χ3n) is 3.07. The summed E-state index contributed by atoms with van der Waals surface area (Å²) < 4.78 is 5.63. The highest BCUT2D eigenvalue weighted by Gasteiger charge is 2.29. The van der Waals surface area contributed by atoms with Gasteiger partial charge in [0, 0.05) is 22.5 Å². The molecule has 2 heterocycles. The third kappa shape index (κ3) is 2.78. The zero-order valence-electron chi connectivity index (χ0n) is 10.9. The van der Waals surface area contributed by atoms with E-state index >= 15 is 0 Å². The van der Waals surface area contributed by atoms with E-state index in [9.17, 15) is 4.79 Å². The molecule has 0 unspecified atom stereocenters. The van der Waals surface area contributed by atoms with Crippen LogP contribution in [0.4, 0.5) is 0 Å². The fraction of sp³-hybridized carbons (Fsp3) is 0.286. The molecule has 0 spiro atoms. The number of hydrogen-bond acceptors (Lipinski definition) is 4. The first-order valence-corrected chi connectivity index (χ1v) is 7.51. The molecule has 0 saturated heterocycles. The minimum Gasteiger partial charge on any atom is -0.480 e. The molecule has 20 heavy (non-hydrogen) atoms. The molecule has 1 aliphatic rings. The number of rotatable bonds is 3. The summed E-state index contributed by atoms with van der Waals surface area (Å²) in [7, 11) is 0. The first-order valence-electron chi connectivity index (χ1n) is 6.25. The number of amides is 1. The molecule has 6 heteroatoms. The second kappa shape index (κ2) is 5.42. The van der Waals surface area contributed by atoms with Crippen LogP contribution in [0, 0.1) is 6.92 Å². The van der Waals surface area contributed by atoms with Crippen molar-refractivity contribution in [3.05, 3.63) is 44.9 Å². The second-order valence-corrected chi connectivity index (χ2v) is 6.04. The summed E-state index contributed by atoms with van der Waals surface area (Å²) in [6.45, 7) is 2.37. The lowest BCUT2D eigenvalue weighted by molar-refractivity contribution is -0.127. The number of nitrogens with zero attached hydrogens (tertiary/aromatic N) is 1. The summed E-state index contributed by atoms with van der Waals surface area (Å²) in [5.41, 5.74) is 1.95. The van der Waals surface area contributed by atoms with Gasteiger partial charge in [-0.3, -0.25) is 4.79 Å². The van der Waals surface area contributed by atoms with Gasteiger partial charge in [0.05, 0.1) is 6.54 Å². The van der Waals surface area contributed by atoms with Crippen LogP contribution in [-0.4, -0.2) is 17.0 Å². The van der Waals surface area contributed by atoms with Crippen molar-refractivity contribution in [2.45, 2.75) is 26.0 Å². The number of carbonyl (C=O) groups is 1. The zero-order valence-corrected chi connectivity index (χ0v) is 12.4. The lowest BCUT2D eigenvalue weighted by Gasteiger charge is -2.10. The van der Waals surface area contributed by atoms with Gasteiger partial charge in [0.1, 0.15) is 10.8 Å². The van der Waals surface area contributed by atoms with E-state index in [1.54, 1.807) is 12.1 Å². The smallest absolute Gasteiger partial charge is 0.261 e. The maximum atomic E-state index is 12.1. The fourth-order valence-electron chi connectivity index (χ4n) is 2.12. The van der Waals surface area contributed by atoms with Crippen LogP contribution in [0.5, 0.6) is 5.75 Å². The van der Waals surface area contributed by atoms with E-state index in [1.165, 1.54) is 11.3 Å². The van der Waals surface area contributed by atoms with Crippen molar-refractivity contribution >= 4 is 28.8 Å². The molecule has 104 valence electrons. The molecule has 4 nitrogen and oxygen atoms in total. The molecule has 1 aromatic carbocycles. The molecule has 0 aliphatic carbocycles. The Hall–Kier alpha value is -1.59. The minimum absolute atomic E-state index is 0.120. The molecule has 3 rings (SSSR count). The van der Waals surface area contributed by atoms with Gasteiger partial charge < -0.3 is 10.1 Å². The van der Waals surface area contributed by atoms with Crippen molar-refractivity contribution in [2.75, 3.05) is 0 Å². The first-order chi connectivity index (χ1) is 9.61.